The minimum atomic E-state index is -3.42. The molecule has 0 amide bonds. The number of aromatic nitrogens is 2. The van der Waals surface area contributed by atoms with E-state index in [-0.39, 0.29) is 21.1 Å². The van der Waals surface area contributed by atoms with Crippen LogP contribution >= 0.6 is 11.3 Å². The number of benzene rings is 1. The van der Waals surface area contributed by atoms with E-state index in [0.717, 1.165) is 30.1 Å². The zero-order valence-electron chi connectivity index (χ0n) is 18.0. The van der Waals surface area contributed by atoms with Gasteiger partial charge in [0.25, 0.3) is 5.13 Å². The average molecular weight is 438 g/mol. The molecule has 7 nitrogen and oxygen atoms in total. The first-order valence-corrected chi connectivity index (χ1v) is 12.4. The van der Waals surface area contributed by atoms with Crippen molar-refractivity contribution in [3.05, 3.63) is 24.3 Å². The summed E-state index contributed by atoms with van der Waals surface area (Å²) < 4.78 is 24.4. The summed E-state index contributed by atoms with van der Waals surface area (Å²) in [7, 11) is -3.42. The van der Waals surface area contributed by atoms with E-state index in [1.807, 2.05) is 38.1 Å². The van der Waals surface area contributed by atoms with Crippen LogP contribution in [0.3, 0.4) is 0 Å². The highest BCUT2D eigenvalue weighted by Gasteiger charge is 2.21. The van der Waals surface area contributed by atoms with Crippen molar-refractivity contribution in [1.29, 1.82) is 0 Å². The second kappa shape index (κ2) is 10.2. The van der Waals surface area contributed by atoms with E-state index in [2.05, 4.69) is 53.0 Å². The molecule has 0 aliphatic rings. The fourth-order valence-electron chi connectivity index (χ4n) is 2.88. The summed E-state index contributed by atoms with van der Waals surface area (Å²) >= 11 is 0.944. The van der Waals surface area contributed by atoms with E-state index in [0.29, 0.717) is 17.5 Å². The molecule has 1 heterocycles. The molecular weight excluding hydrogens is 406 g/mol. The summed E-state index contributed by atoms with van der Waals surface area (Å²) in [6, 6.07) is 7.89. The Morgan fingerprint density at radius 3 is 2.00 bits per heavy atom. The van der Waals surface area contributed by atoms with Crippen LogP contribution in [0.5, 0.6) is 0 Å². The van der Waals surface area contributed by atoms with Crippen molar-refractivity contribution in [2.75, 3.05) is 23.7 Å². The molecule has 2 aromatic rings. The fourth-order valence-corrected chi connectivity index (χ4v) is 5.40. The molecule has 0 saturated heterocycles. The Morgan fingerprint density at radius 1 is 0.897 bits per heavy atom. The maximum absolute atomic E-state index is 12.2. The SMILES string of the molecule is CC(C)CN(CC(C)C)c1ccc(N=Nc2nnc(S(=O)(=O)CC(C)C)s2)cc1. The van der Waals surface area contributed by atoms with Gasteiger partial charge in [-0.05, 0) is 42.0 Å². The number of azo groups is 1. The number of anilines is 1. The van der Waals surface area contributed by atoms with Crippen LogP contribution in [0, 0.1) is 17.8 Å². The highest BCUT2D eigenvalue weighted by atomic mass is 32.2. The molecule has 0 radical (unpaired) electrons. The van der Waals surface area contributed by atoms with Crippen molar-refractivity contribution in [3.8, 4) is 0 Å². The molecule has 0 aliphatic carbocycles. The molecule has 0 atom stereocenters. The molecule has 0 spiro atoms. The van der Waals surface area contributed by atoms with Gasteiger partial charge >= 0.3 is 0 Å². The minimum absolute atomic E-state index is 0.00601. The Labute approximate surface area is 178 Å². The highest BCUT2D eigenvalue weighted by Crippen LogP contribution is 2.27. The van der Waals surface area contributed by atoms with Gasteiger partial charge in [0, 0.05) is 18.8 Å². The van der Waals surface area contributed by atoms with E-state index in [4.69, 9.17) is 0 Å². The number of hydrogen-bond acceptors (Lipinski definition) is 8. The Kier molecular flexibility index (Phi) is 8.27. The van der Waals surface area contributed by atoms with Crippen LogP contribution < -0.4 is 4.90 Å². The molecule has 0 N–H and O–H groups in total. The van der Waals surface area contributed by atoms with Gasteiger partial charge in [0.2, 0.25) is 14.2 Å². The predicted octanol–water partition coefficient (Wildman–Crippen LogP) is 5.50. The summed E-state index contributed by atoms with van der Waals surface area (Å²) in [5, 5.41) is 16.1. The Bertz CT molecular complexity index is 893. The van der Waals surface area contributed by atoms with Crippen LogP contribution in [-0.2, 0) is 9.84 Å². The summed E-state index contributed by atoms with van der Waals surface area (Å²) in [6.45, 7) is 14.6. The third kappa shape index (κ3) is 7.47. The van der Waals surface area contributed by atoms with Crippen LogP contribution in [-0.4, -0.2) is 37.5 Å². The first-order valence-electron chi connectivity index (χ1n) is 9.90. The van der Waals surface area contributed by atoms with Crippen LogP contribution in [0.4, 0.5) is 16.5 Å². The van der Waals surface area contributed by atoms with Crippen LogP contribution in [0.15, 0.2) is 38.8 Å². The molecule has 1 aromatic heterocycles. The number of rotatable bonds is 10. The first kappa shape index (κ1) is 23.4. The molecule has 9 heteroatoms. The standard InChI is InChI=1S/C20H31N5O2S2/c1-14(2)11-25(12-15(3)4)18-9-7-17(8-10-18)21-22-19-23-24-20(28-19)29(26,27)13-16(5)6/h7-10,14-16H,11-13H2,1-6H3. The van der Waals surface area contributed by atoms with Crippen LogP contribution in [0.2, 0.25) is 0 Å². The van der Waals surface area contributed by atoms with E-state index >= 15 is 0 Å². The van der Waals surface area contributed by atoms with Crippen molar-refractivity contribution < 1.29 is 8.42 Å². The smallest absolute Gasteiger partial charge is 0.252 e. The van der Waals surface area contributed by atoms with Gasteiger partial charge in [-0.2, -0.15) is 0 Å². The molecule has 1 aromatic carbocycles. The van der Waals surface area contributed by atoms with Gasteiger partial charge in [-0.25, -0.2) is 8.42 Å². The molecule has 0 unspecified atom stereocenters. The zero-order chi connectivity index (χ0) is 21.6. The molecule has 0 fully saturated rings. The fraction of sp³-hybridized carbons (Fsp3) is 0.600. The quantitative estimate of drug-likeness (QED) is 0.458. The summed E-state index contributed by atoms with van der Waals surface area (Å²) in [5.41, 5.74) is 1.84. The minimum Gasteiger partial charge on any atom is -0.371 e. The summed E-state index contributed by atoms with van der Waals surface area (Å²) in [4.78, 5) is 2.38. The van der Waals surface area contributed by atoms with Crippen molar-refractivity contribution in [3.63, 3.8) is 0 Å². The molecule has 160 valence electrons. The third-order valence-electron chi connectivity index (χ3n) is 3.85. The lowest BCUT2D eigenvalue weighted by Crippen LogP contribution is -2.31. The number of nitrogens with zero attached hydrogens (tertiary/aromatic N) is 5. The van der Waals surface area contributed by atoms with Crippen molar-refractivity contribution >= 4 is 37.7 Å². The number of hydrogen-bond donors (Lipinski definition) is 0. The monoisotopic (exact) mass is 437 g/mol. The second-order valence-corrected chi connectivity index (χ2v) is 11.6. The molecule has 29 heavy (non-hydrogen) atoms. The maximum Gasteiger partial charge on any atom is 0.252 e. The lowest BCUT2D eigenvalue weighted by molar-refractivity contribution is 0.553. The van der Waals surface area contributed by atoms with Crippen LogP contribution in [0.1, 0.15) is 41.5 Å². The van der Waals surface area contributed by atoms with E-state index in [1.165, 1.54) is 0 Å². The Morgan fingerprint density at radius 2 is 1.48 bits per heavy atom. The first-order chi connectivity index (χ1) is 13.6. The largest absolute Gasteiger partial charge is 0.371 e. The normalized spacial score (nSPS) is 12.6. The average Bonchev–Trinajstić information content (AvgIpc) is 3.08. The van der Waals surface area contributed by atoms with Gasteiger partial charge in [-0.15, -0.1) is 20.4 Å². The Balaban J connectivity index is 2.10. The molecule has 0 bridgehead atoms. The van der Waals surface area contributed by atoms with Gasteiger partial charge in [-0.3, -0.25) is 0 Å². The Hall–Kier alpha value is -1.87. The predicted molar refractivity (Wildman–Crippen MR) is 119 cm³/mol. The van der Waals surface area contributed by atoms with Gasteiger partial charge in [-0.1, -0.05) is 52.9 Å². The van der Waals surface area contributed by atoms with E-state index in [1.54, 1.807) is 0 Å². The van der Waals surface area contributed by atoms with Gasteiger partial charge < -0.3 is 4.90 Å². The van der Waals surface area contributed by atoms with E-state index < -0.39 is 9.84 Å². The topological polar surface area (TPSA) is 87.9 Å². The summed E-state index contributed by atoms with van der Waals surface area (Å²) in [6.07, 6.45) is 0. The maximum atomic E-state index is 12.2. The highest BCUT2D eigenvalue weighted by molar-refractivity contribution is 7.93. The van der Waals surface area contributed by atoms with Gasteiger partial charge in [0.1, 0.15) is 0 Å². The van der Waals surface area contributed by atoms with E-state index in [9.17, 15) is 8.42 Å². The molecule has 0 saturated carbocycles. The summed E-state index contributed by atoms with van der Waals surface area (Å²) in [5.74, 6) is 1.22. The van der Waals surface area contributed by atoms with Gasteiger partial charge in [0.15, 0.2) is 0 Å². The molecule has 0 aliphatic heterocycles. The van der Waals surface area contributed by atoms with Crippen molar-refractivity contribution in [2.24, 2.45) is 28.0 Å². The number of sulfone groups is 1. The lowest BCUT2D eigenvalue weighted by atomic mass is 10.1. The van der Waals surface area contributed by atoms with Crippen molar-refractivity contribution in [1.82, 2.24) is 10.2 Å². The van der Waals surface area contributed by atoms with Gasteiger partial charge in [0.05, 0.1) is 11.4 Å². The zero-order valence-corrected chi connectivity index (χ0v) is 19.7. The van der Waals surface area contributed by atoms with Crippen LogP contribution in [0.25, 0.3) is 0 Å². The molecular formula is C20H31N5O2S2. The molecule has 2 rings (SSSR count). The lowest BCUT2D eigenvalue weighted by Gasteiger charge is -2.28. The third-order valence-corrected chi connectivity index (χ3v) is 7.18. The van der Waals surface area contributed by atoms with Crippen molar-refractivity contribution in [2.45, 2.75) is 45.9 Å². The second-order valence-electron chi connectivity index (χ2n) is 8.43.